The van der Waals surface area contributed by atoms with Gasteiger partial charge in [-0.15, -0.1) is 0 Å². The molecule has 5 aromatic rings. The van der Waals surface area contributed by atoms with Crippen LogP contribution in [0.4, 0.5) is 0 Å². The molecule has 1 saturated heterocycles. The first-order chi connectivity index (χ1) is 25.2. The number of hydrogen-bond acceptors (Lipinski definition) is 10. The van der Waals surface area contributed by atoms with Gasteiger partial charge in [-0.3, -0.25) is 0 Å². The van der Waals surface area contributed by atoms with E-state index in [-0.39, 0.29) is 6.10 Å². The smallest absolute Gasteiger partial charge is 0.350 e. The predicted molar refractivity (Wildman–Crippen MR) is 202 cm³/mol. The molecule has 53 heavy (non-hydrogen) atoms. The van der Waals surface area contributed by atoms with E-state index in [0.717, 1.165) is 39.4 Å². The number of H-pyrrole nitrogens is 1. The largest absolute Gasteiger partial charge is 0.488 e. The molecule has 0 radical (unpaired) electrons. The van der Waals surface area contributed by atoms with Crippen LogP contribution >= 0.6 is 0 Å². The van der Waals surface area contributed by atoms with Gasteiger partial charge in [-0.25, -0.2) is 4.79 Å². The van der Waals surface area contributed by atoms with E-state index in [1.807, 2.05) is 63.4 Å². The van der Waals surface area contributed by atoms with Gasteiger partial charge in [0.25, 0.3) is 0 Å². The Kier molecular flexibility index (Phi) is 9.79. The highest BCUT2D eigenvalue weighted by atomic mass is 16.9. The van der Waals surface area contributed by atoms with E-state index in [1.54, 1.807) is 38.3 Å². The molecular weight excluding hydrogens is 678 g/mol. The van der Waals surface area contributed by atoms with Crippen molar-refractivity contribution in [2.75, 3.05) is 13.2 Å². The number of aromatic amines is 1. The van der Waals surface area contributed by atoms with Gasteiger partial charge in [0.1, 0.15) is 41.6 Å². The average molecular weight is 726 g/mol. The first-order valence-electron chi connectivity index (χ1n) is 18.0. The van der Waals surface area contributed by atoms with Crippen LogP contribution in [0.2, 0.25) is 0 Å². The third-order valence-corrected chi connectivity index (χ3v) is 10.1. The van der Waals surface area contributed by atoms with E-state index in [9.17, 15) is 15.0 Å². The maximum Gasteiger partial charge on any atom is 0.350 e. The number of hydrogen-bond donors (Lipinski definition) is 3. The van der Waals surface area contributed by atoms with Crippen molar-refractivity contribution in [1.82, 2.24) is 4.98 Å². The summed E-state index contributed by atoms with van der Waals surface area (Å²) in [6.45, 7) is 11.9. The highest BCUT2D eigenvalue weighted by Crippen LogP contribution is 2.48. The third kappa shape index (κ3) is 7.66. The van der Waals surface area contributed by atoms with Crippen LogP contribution in [0.5, 0.6) is 17.2 Å². The van der Waals surface area contributed by atoms with E-state index in [2.05, 4.69) is 11.9 Å². The molecule has 2 aliphatic rings. The van der Waals surface area contributed by atoms with Crippen molar-refractivity contribution in [3.05, 3.63) is 94.2 Å². The molecule has 7 rings (SSSR count). The van der Waals surface area contributed by atoms with Crippen molar-refractivity contribution >= 4 is 38.9 Å². The van der Waals surface area contributed by atoms with Crippen molar-refractivity contribution < 1.29 is 42.7 Å². The molecule has 11 heteroatoms. The number of ether oxygens (including phenoxy) is 5. The average Bonchev–Trinajstić information content (AvgIpc) is 3.82. The molecule has 0 aliphatic carbocycles. The Morgan fingerprint density at radius 3 is 2.49 bits per heavy atom. The lowest BCUT2D eigenvalue weighted by atomic mass is 9.96. The van der Waals surface area contributed by atoms with E-state index >= 15 is 0 Å². The normalized spacial score (nSPS) is 20.7. The molecule has 3 atom stereocenters. The van der Waals surface area contributed by atoms with Gasteiger partial charge in [-0.05, 0) is 104 Å². The number of aromatic nitrogens is 1. The Morgan fingerprint density at radius 1 is 0.981 bits per heavy atom. The summed E-state index contributed by atoms with van der Waals surface area (Å²) in [5.74, 6) is 0.475. The summed E-state index contributed by atoms with van der Waals surface area (Å²) in [6, 6.07) is 10.5. The van der Waals surface area contributed by atoms with Crippen LogP contribution in [0.25, 0.3) is 38.9 Å². The SMILES string of the molecule is C/C(=C\COc1c2c(cc3[nH]ccc13)OC1(C=C2)OC(CC/C(C)=C/COc2c3ccoc3cc3oc(=O)ccc23)C(C)(C)O1)CCC(O)C(C)(C)O. The number of allylic oxidation sites excluding steroid dienone is 2. The van der Waals surface area contributed by atoms with Gasteiger partial charge in [0, 0.05) is 35.9 Å². The van der Waals surface area contributed by atoms with Crippen LogP contribution < -0.4 is 19.8 Å². The van der Waals surface area contributed by atoms with E-state index < -0.39 is 28.9 Å². The second-order valence-electron chi connectivity index (χ2n) is 15.1. The first kappa shape index (κ1) is 36.5. The Balaban J connectivity index is 1.000. The Bertz CT molecular complexity index is 2280. The molecule has 2 aliphatic heterocycles. The lowest BCUT2D eigenvalue weighted by molar-refractivity contribution is -0.270. The first-order valence-corrected chi connectivity index (χ1v) is 18.0. The zero-order valence-corrected chi connectivity index (χ0v) is 31.0. The fraction of sp³-hybridized carbons (Fsp3) is 0.405. The summed E-state index contributed by atoms with van der Waals surface area (Å²) in [5.41, 5.74) is 2.61. The minimum Gasteiger partial charge on any atom is -0.488 e. The zero-order chi connectivity index (χ0) is 37.5. The van der Waals surface area contributed by atoms with Gasteiger partial charge in [0.2, 0.25) is 0 Å². The van der Waals surface area contributed by atoms with Crippen LogP contribution in [0.3, 0.4) is 0 Å². The molecule has 3 N–H and O–H groups in total. The monoisotopic (exact) mass is 725 g/mol. The van der Waals surface area contributed by atoms with Crippen LogP contribution in [0.15, 0.2) is 91.9 Å². The number of rotatable bonds is 13. The number of nitrogens with one attached hydrogen (secondary N) is 1. The molecule has 1 spiro atoms. The zero-order valence-electron chi connectivity index (χ0n) is 31.0. The van der Waals surface area contributed by atoms with Crippen LogP contribution in [0.1, 0.15) is 72.8 Å². The minimum absolute atomic E-state index is 0.266. The fourth-order valence-electron chi connectivity index (χ4n) is 6.84. The Morgan fingerprint density at radius 2 is 1.72 bits per heavy atom. The van der Waals surface area contributed by atoms with Gasteiger partial charge < -0.3 is 47.7 Å². The topological polar surface area (TPSA) is 146 Å². The van der Waals surface area contributed by atoms with E-state index in [4.69, 9.17) is 32.5 Å². The highest BCUT2D eigenvalue weighted by Gasteiger charge is 2.54. The quantitative estimate of drug-likeness (QED) is 0.0800. The number of benzene rings is 2. The summed E-state index contributed by atoms with van der Waals surface area (Å²) in [7, 11) is 0. The molecule has 3 aromatic heterocycles. The van der Waals surface area contributed by atoms with Crippen molar-refractivity contribution in [2.45, 2.75) is 96.6 Å². The molecule has 2 aromatic carbocycles. The van der Waals surface area contributed by atoms with Crippen molar-refractivity contribution in [3.63, 3.8) is 0 Å². The van der Waals surface area contributed by atoms with Gasteiger partial charge in [-0.2, -0.15) is 0 Å². The second-order valence-corrected chi connectivity index (χ2v) is 15.1. The number of furan rings is 1. The van der Waals surface area contributed by atoms with Crippen LogP contribution in [-0.4, -0.2) is 57.8 Å². The summed E-state index contributed by atoms with van der Waals surface area (Å²) in [6.07, 6.45) is 12.7. The van der Waals surface area contributed by atoms with Crippen LogP contribution in [-0.2, 0) is 9.47 Å². The molecule has 280 valence electrons. The summed E-state index contributed by atoms with van der Waals surface area (Å²) >= 11 is 0. The summed E-state index contributed by atoms with van der Waals surface area (Å²) in [4.78, 5) is 15.1. The molecule has 5 heterocycles. The van der Waals surface area contributed by atoms with Gasteiger partial charge >= 0.3 is 11.6 Å². The molecule has 3 unspecified atom stereocenters. The predicted octanol–water partition coefficient (Wildman–Crippen LogP) is 8.32. The van der Waals surface area contributed by atoms with Gasteiger partial charge in [0.15, 0.2) is 0 Å². The summed E-state index contributed by atoms with van der Waals surface area (Å²) < 4.78 is 43.1. The Hall–Kier alpha value is -4.81. The third-order valence-electron chi connectivity index (χ3n) is 10.1. The second kappa shape index (κ2) is 14.2. The minimum atomic E-state index is -1.39. The van der Waals surface area contributed by atoms with Crippen LogP contribution in [0, 0.1) is 0 Å². The number of fused-ring (bicyclic) bond motifs is 4. The lowest BCUT2D eigenvalue weighted by Gasteiger charge is -2.31. The summed E-state index contributed by atoms with van der Waals surface area (Å²) in [5, 5.41) is 22.7. The molecular formula is C42H47NO10. The Labute approximate surface area is 307 Å². The standard InChI is InChI=1S/C42H47NO10/c1-25(7-10-35(44)40(3,4)46)15-20-48-38-27-14-19-43-31(27)23-34-29(38)13-18-42(51-34)52-36(41(5,6)53-42)11-8-26(2)16-21-49-39-28-9-12-37(45)50-33(28)24-32-30(39)17-22-47-32/h9,12-19,22-24,35-36,43-44,46H,7-8,10-11,20-21H2,1-6H3/b25-15+,26-16+. The number of aliphatic hydroxyl groups is 2. The molecule has 11 nitrogen and oxygen atoms in total. The molecule has 0 saturated carbocycles. The van der Waals surface area contributed by atoms with Gasteiger partial charge in [0.05, 0.1) is 51.5 Å². The highest BCUT2D eigenvalue weighted by molar-refractivity contribution is 6.01. The van der Waals surface area contributed by atoms with Gasteiger partial charge in [-0.1, -0.05) is 11.1 Å². The van der Waals surface area contributed by atoms with Crippen molar-refractivity contribution in [1.29, 1.82) is 0 Å². The molecule has 0 amide bonds. The lowest BCUT2D eigenvalue weighted by Crippen LogP contribution is -2.39. The van der Waals surface area contributed by atoms with Crippen molar-refractivity contribution in [3.8, 4) is 17.2 Å². The fourth-order valence-corrected chi connectivity index (χ4v) is 6.84. The number of aliphatic hydroxyl groups excluding tert-OH is 1. The maximum atomic E-state index is 11.8. The maximum absolute atomic E-state index is 11.8. The molecule has 0 bridgehead atoms. The van der Waals surface area contributed by atoms with Crippen molar-refractivity contribution in [2.24, 2.45) is 0 Å². The van der Waals surface area contributed by atoms with E-state index in [0.29, 0.717) is 66.3 Å². The van der Waals surface area contributed by atoms with E-state index in [1.165, 1.54) is 6.07 Å². The molecule has 1 fully saturated rings.